The largest absolute Gasteiger partial charge is 0.460 e. The molecule has 1 atom stereocenters. The standard InChI is InChI=1S/C27H37NO6/c1-9-21(29)32-17-26(8,18-33-22(30)10-2)28-23(31)34-20-13-11-19(12-14-20)27(15-24(3,4)5)16-25(27,6)7/h9-14H,1-2,15-18H2,3-8H3,(H,28,31). The van der Waals surface area contributed by atoms with E-state index in [2.05, 4.69) is 53.1 Å². The highest BCUT2D eigenvalue weighted by Crippen LogP contribution is 2.68. The van der Waals surface area contributed by atoms with E-state index in [4.69, 9.17) is 14.2 Å². The van der Waals surface area contributed by atoms with Crippen molar-refractivity contribution in [3.8, 4) is 5.75 Å². The molecule has 0 bridgehead atoms. The van der Waals surface area contributed by atoms with Gasteiger partial charge in [0.25, 0.3) is 0 Å². The molecule has 1 amide bonds. The molecule has 1 N–H and O–H groups in total. The predicted molar refractivity (Wildman–Crippen MR) is 130 cm³/mol. The summed E-state index contributed by atoms with van der Waals surface area (Å²) in [6, 6.07) is 7.58. The summed E-state index contributed by atoms with van der Waals surface area (Å²) >= 11 is 0. The number of nitrogens with one attached hydrogen (secondary N) is 1. The minimum absolute atomic E-state index is 0.106. The molecule has 186 valence electrons. The third-order valence-corrected chi connectivity index (χ3v) is 6.17. The lowest BCUT2D eigenvalue weighted by atomic mass is 9.75. The molecule has 1 aromatic carbocycles. The van der Waals surface area contributed by atoms with Crippen LogP contribution in [0, 0.1) is 10.8 Å². The lowest BCUT2D eigenvalue weighted by molar-refractivity contribution is -0.144. The highest BCUT2D eigenvalue weighted by Gasteiger charge is 2.62. The lowest BCUT2D eigenvalue weighted by Crippen LogP contribution is -2.54. The molecular weight excluding hydrogens is 434 g/mol. The Bertz CT molecular complexity index is 917. The Morgan fingerprint density at radius 1 is 0.971 bits per heavy atom. The average molecular weight is 472 g/mol. The van der Waals surface area contributed by atoms with E-state index < -0.39 is 23.6 Å². The van der Waals surface area contributed by atoms with E-state index in [0.29, 0.717) is 5.75 Å². The minimum atomic E-state index is -1.22. The van der Waals surface area contributed by atoms with Crippen LogP contribution >= 0.6 is 0 Å². The highest BCUT2D eigenvalue weighted by atomic mass is 16.6. The van der Waals surface area contributed by atoms with Gasteiger partial charge in [-0.1, -0.05) is 59.9 Å². The first kappa shape index (κ1) is 27.2. The monoisotopic (exact) mass is 471 g/mol. The van der Waals surface area contributed by atoms with E-state index in [-0.39, 0.29) is 29.5 Å². The van der Waals surface area contributed by atoms with Crippen LogP contribution in [0.25, 0.3) is 0 Å². The van der Waals surface area contributed by atoms with Gasteiger partial charge in [-0.25, -0.2) is 14.4 Å². The van der Waals surface area contributed by atoms with Gasteiger partial charge in [-0.05, 0) is 48.3 Å². The number of amides is 1. The lowest BCUT2D eigenvalue weighted by Gasteiger charge is -2.30. The van der Waals surface area contributed by atoms with Gasteiger partial charge in [0.15, 0.2) is 0 Å². The SMILES string of the molecule is C=CC(=O)OCC(C)(COC(=O)C=C)NC(=O)Oc1ccc(C2(CC(C)(C)C)CC2(C)C)cc1. The molecule has 1 fully saturated rings. The van der Waals surface area contributed by atoms with Crippen molar-refractivity contribution in [3.63, 3.8) is 0 Å². The van der Waals surface area contributed by atoms with Crippen LogP contribution in [-0.2, 0) is 24.5 Å². The normalized spacial score (nSPS) is 18.9. The molecular formula is C27H37NO6. The predicted octanol–water partition coefficient (Wildman–Crippen LogP) is 5.10. The summed E-state index contributed by atoms with van der Waals surface area (Å²) in [6.45, 7) is 19.1. The molecule has 1 unspecified atom stereocenters. The maximum Gasteiger partial charge on any atom is 0.413 e. The van der Waals surface area contributed by atoms with E-state index in [1.54, 1.807) is 19.1 Å². The molecule has 0 aliphatic heterocycles. The van der Waals surface area contributed by atoms with Crippen LogP contribution in [0.3, 0.4) is 0 Å². The van der Waals surface area contributed by atoms with E-state index in [0.717, 1.165) is 25.0 Å². The second-order valence-electron chi connectivity index (χ2n) is 11.1. The second kappa shape index (κ2) is 10.0. The summed E-state index contributed by atoms with van der Waals surface area (Å²) in [6.07, 6.45) is 3.42. The third kappa shape index (κ3) is 6.95. The van der Waals surface area contributed by atoms with Crippen LogP contribution in [0.4, 0.5) is 4.79 Å². The van der Waals surface area contributed by atoms with Crippen molar-refractivity contribution in [2.24, 2.45) is 10.8 Å². The molecule has 34 heavy (non-hydrogen) atoms. The molecule has 7 heteroatoms. The van der Waals surface area contributed by atoms with E-state index >= 15 is 0 Å². The van der Waals surface area contributed by atoms with E-state index in [1.807, 2.05) is 12.1 Å². The molecule has 1 aliphatic rings. The van der Waals surface area contributed by atoms with Gasteiger partial charge in [0.1, 0.15) is 24.5 Å². The number of carbonyl (C=O) groups excluding carboxylic acids is 3. The van der Waals surface area contributed by atoms with Gasteiger partial charge in [-0.15, -0.1) is 0 Å². The number of ether oxygens (including phenoxy) is 3. The van der Waals surface area contributed by atoms with Crippen molar-refractivity contribution in [1.29, 1.82) is 0 Å². The molecule has 1 aliphatic carbocycles. The zero-order valence-electron chi connectivity index (χ0n) is 21.2. The first-order chi connectivity index (χ1) is 15.7. The number of esters is 2. The van der Waals surface area contributed by atoms with E-state index in [9.17, 15) is 14.4 Å². The van der Waals surface area contributed by atoms with Crippen molar-refractivity contribution < 1.29 is 28.6 Å². The van der Waals surface area contributed by atoms with Gasteiger partial charge in [0.05, 0.1) is 0 Å². The van der Waals surface area contributed by atoms with Crippen molar-refractivity contribution in [3.05, 3.63) is 55.1 Å². The zero-order chi connectivity index (χ0) is 25.8. The van der Waals surface area contributed by atoms with Crippen LogP contribution in [0.2, 0.25) is 0 Å². The van der Waals surface area contributed by atoms with Crippen LogP contribution in [-0.4, -0.2) is 36.8 Å². The van der Waals surface area contributed by atoms with Crippen molar-refractivity contribution in [2.75, 3.05) is 13.2 Å². The van der Waals surface area contributed by atoms with Crippen molar-refractivity contribution >= 4 is 18.0 Å². The Balaban J connectivity index is 2.09. The number of hydrogen-bond donors (Lipinski definition) is 1. The van der Waals surface area contributed by atoms with Gasteiger partial charge >= 0.3 is 18.0 Å². The van der Waals surface area contributed by atoms with Gasteiger partial charge < -0.3 is 19.5 Å². The summed E-state index contributed by atoms with van der Waals surface area (Å²) in [5.41, 5.74) is 0.528. The Morgan fingerprint density at radius 2 is 1.44 bits per heavy atom. The summed E-state index contributed by atoms with van der Waals surface area (Å²) in [7, 11) is 0. The highest BCUT2D eigenvalue weighted by molar-refractivity contribution is 5.82. The summed E-state index contributed by atoms with van der Waals surface area (Å²) < 4.78 is 15.5. The number of benzene rings is 1. The van der Waals surface area contributed by atoms with Crippen LogP contribution in [0.15, 0.2) is 49.6 Å². The molecule has 0 saturated heterocycles. The van der Waals surface area contributed by atoms with Crippen LogP contribution in [0.5, 0.6) is 5.75 Å². The maximum absolute atomic E-state index is 12.6. The zero-order valence-corrected chi connectivity index (χ0v) is 21.2. The number of carbonyl (C=O) groups is 3. The molecule has 7 nitrogen and oxygen atoms in total. The second-order valence-corrected chi connectivity index (χ2v) is 11.1. The fourth-order valence-corrected chi connectivity index (χ4v) is 4.43. The van der Waals surface area contributed by atoms with Gasteiger partial charge in [-0.3, -0.25) is 0 Å². The molecule has 2 rings (SSSR count). The van der Waals surface area contributed by atoms with Crippen LogP contribution in [0.1, 0.15) is 59.9 Å². The van der Waals surface area contributed by atoms with Crippen molar-refractivity contribution in [1.82, 2.24) is 5.32 Å². The topological polar surface area (TPSA) is 90.9 Å². The fourth-order valence-electron chi connectivity index (χ4n) is 4.43. The molecule has 0 aromatic heterocycles. The Kier molecular flexibility index (Phi) is 8.02. The minimum Gasteiger partial charge on any atom is -0.460 e. The van der Waals surface area contributed by atoms with Crippen molar-refractivity contribution in [2.45, 2.75) is 65.3 Å². The Hall–Kier alpha value is -3.09. The Morgan fingerprint density at radius 3 is 1.82 bits per heavy atom. The van der Waals surface area contributed by atoms with Crippen LogP contribution < -0.4 is 10.1 Å². The average Bonchev–Trinajstić information content (AvgIpc) is 3.29. The summed E-state index contributed by atoms with van der Waals surface area (Å²) in [5, 5.41) is 2.62. The summed E-state index contributed by atoms with van der Waals surface area (Å²) in [5.74, 6) is -0.961. The molecule has 0 spiro atoms. The number of rotatable bonds is 10. The molecule has 0 radical (unpaired) electrons. The molecule has 0 heterocycles. The van der Waals surface area contributed by atoms with Gasteiger partial charge in [0.2, 0.25) is 0 Å². The van der Waals surface area contributed by atoms with Gasteiger partial charge in [-0.2, -0.15) is 0 Å². The third-order valence-electron chi connectivity index (χ3n) is 6.17. The quantitative estimate of drug-likeness (QED) is 0.377. The van der Waals surface area contributed by atoms with E-state index in [1.165, 1.54) is 5.56 Å². The Labute approximate surface area is 202 Å². The fraction of sp³-hybridized carbons (Fsp3) is 0.519. The molecule has 1 aromatic rings. The first-order valence-corrected chi connectivity index (χ1v) is 11.3. The smallest absolute Gasteiger partial charge is 0.413 e. The van der Waals surface area contributed by atoms with Gasteiger partial charge in [0, 0.05) is 17.6 Å². The molecule has 1 saturated carbocycles. The summed E-state index contributed by atoms with van der Waals surface area (Å²) in [4.78, 5) is 35.5. The maximum atomic E-state index is 12.6. The number of hydrogen-bond acceptors (Lipinski definition) is 6. The first-order valence-electron chi connectivity index (χ1n) is 11.3.